The number of rotatable bonds is 2. The Hall–Kier alpha value is -1.45. The summed E-state index contributed by atoms with van der Waals surface area (Å²) >= 11 is 0. The summed E-state index contributed by atoms with van der Waals surface area (Å²) in [6, 6.07) is 0. The molecule has 13 heavy (non-hydrogen) atoms. The van der Waals surface area contributed by atoms with E-state index in [2.05, 4.69) is 9.97 Å². The molecule has 0 aromatic carbocycles. The summed E-state index contributed by atoms with van der Waals surface area (Å²) < 4.78 is 22.3. The van der Waals surface area contributed by atoms with Crippen LogP contribution < -0.4 is 22.1 Å². The Kier molecular flexibility index (Phi) is 2.32. The molecule has 7 N–H and O–H groups in total. The Morgan fingerprint density at radius 3 is 2.08 bits per heavy atom. The number of anilines is 2. The van der Waals surface area contributed by atoms with Crippen molar-refractivity contribution in [1.82, 2.24) is 14.8 Å². The predicted molar refractivity (Wildman–Crippen MR) is 45.4 cm³/mol. The fourth-order valence-electron chi connectivity index (χ4n) is 0.736. The van der Waals surface area contributed by atoms with Gasteiger partial charge in [0.05, 0.1) is 0 Å². The average Bonchev–Trinajstić information content (AvgIpc) is 2.03. The molecule has 0 spiro atoms. The fourth-order valence-corrected chi connectivity index (χ4v) is 1.51. The van der Waals surface area contributed by atoms with Crippen LogP contribution in [0.1, 0.15) is 0 Å². The summed E-state index contributed by atoms with van der Waals surface area (Å²) in [7, 11) is -3.91. The van der Waals surface area contributed by atoms with Gasteiger partial charge in [0.15, 0.2) is 4.90 Å². The highest BCUT2D eigenvalue weighted by molar-refractivity contribution is 7.89. The Labute approximate surface area is 74.2 Å². The van der Waals surface area contributed by atoms with Crippen molar-refractivity contribution in [2.45, 2.75) is 4.90 Å². The van der Waals surface area contributed by atoms with Crippen LogP contribution in [0.3, 0.4) is 0 Å². The summed E-state index contributed by atoms with van der Waals surface area (Å²) in [6.45, 7) is 0. The van der Waals surface area contributed by atoms with Crippen molar-refractivity contribution in [3.63, 3.8) is 0 Å². The summed E-state index contributed by atoms with van der Waals surface area (Å²) in [5.41, 5.74) is 10.6. The molecule has 0 unspecified atom stereocenters. The van der Waals surface area contributed by atoms with Crippen molar-refractivity contribution in [3.8, 4) is 0 Å². The highest BCUT2D eigenvalue weighted by atomic mass is 32.2. The van der Waals surface area contributed by atoms with Crippen LogP contribution in [0.5, 0.6) is 0 Å². The number of nitrogen functional groups attached to an aromatic ring is 2. The number of nitrogens with two attached hydrogens (primary N) is 3. The highest BCUT2D eigenvalue weighted by Crippen LogP contribution is 2.19. The molecule has 0 saturated carbocycles. The van der Waals surface area contributed by atoms with Crippen molar-refractivity contribution in [2.75, 3.05) is 11.5 Å². The number of hydrogen-bond acceptors (Lipinski definition) is 7. The second-order valence-electron chi connectivity index (χ2n) is 2.09. The number of hydrazine groups is 1. The van der Waals surface area contributed by atoms with E-state index in [-0.39, 0.29) is 11.6 Å². The highest BCUT2D eigenvalue weighted by Gasteiger charge is 2.20. The van der Waals surface area contributed by atoms with Crippen molar-refractivity contribution in [1.29, 1.82) is 0 Å². The monoisotopic (exact) mass is 204 g/mol. The van der Waals surface area contributed by atoms with Gasteiger partial charge >= 0.3 is 0 Å². The Morgan fingerprint density at radius 1 is 1.23 bits per heavy atom. The van der Waals surface area contributed by atoms with Crippen molar-refractivity contribution in [2.24, 2.45) is 5.84 Å². The van der Waals surface area contributed by atoms with E-state index in [1.54, 1.807) is 4.83 Å². The number of nitrogens with zero attached hydrogens (tertiary/aromatic N) is 2. The van der Waals surface area contributed by atoms with Gasteiger partial charge in [-0.2, -0.15) is 0 Å². The van der Waals surface area contributed by atoms with Crippen molar-refractivity contribution >= 4 is 21.7 Å². The second kappa shape index (κ2) is 3.12. The molecule has 1 rings (SSSR count). The SMILES string of the molecule is NNS(=O)(=O)c1c(N)ncnc1N. The molecular formula is C4H8N6O2S. The molecule has 0 aliphatic rings. The molecule has 1 heterocycles. The van der Waals surface area contributed by atoms with Gasteiger partial charge in [-0.1, -0.05) is 0 Å². The molecule has 72 valence electrons. The number of hydrogen-bond donors (Lipinski definition) is 4. The standard InChI is InChI=1S/C4H8N6O2S/c5-3-2(13(11,12)10-7)4(6)9-1-8-3/h1,10H,7H2,(H4,5,6,8,9). The Bertz CT molecular complexity index is 394. The average molecular weight is 204 g/mol. The first-order chi connectivity index (χ1) is 5.99. The van der Waals surface area contributed by atoms with Gasteiger partial charge in [-0.25, -0.2) is 18.4 Å². The molecule has 9 heteroatoms. The fraction of sp³-hybridized carbons (Fsp3) is 0. The van der Waals surface area contributed by atoms with E-state index >= 15 is 0 Å². The molecule has 0 amide bonds. The van der Waals surface area contributed by atoms with Gasteiger partial charge in [0.1, 0.15) is 18.0 Å². The first-order valence-corrected chi connectivity index (χ1v) is 4.55. The normalized spacial score (nSPS) is 11.5. The van der Waals surface area contributed by atoms with Crippen LogP contribution >= 0.6 is 0 Å². The molecule has 0 fully saturated rings. The van der Waals surface area contributed by atoms with Crippen LogP contribution in [0.25, 0.3) is 0 Å². The zero-order valence-electron chi connectivity index (χ0n) is 6.43. The predicted octanol–water partition coefficient (Wildman–Crippen LogP) is -2.21. The molecule has 0 bridgehead atoms. The minimum atomic E-state index is -3.91. The van der Waals surface area contributed by atoms with Gasteiger partial charge in [-0.3, -0.25) is 5.84 Å². The number of sulfonamides is 1. The molecular weight excluding hydrogens is 196 g/mol. The second-order valence-corrected chi connectivity index (χ2v) is 3.75. The first kappa shape index (κ1) is 9.64. The first-order valence-electron chi connectivity index (χ1n) is 3.07. The smallest absolute Gasteiger partial charge is 0.260 e. The van der Waals surface area contributed by atoms with Crippen molar-refractivity contribution < 1.29 is 8.42 Å². The van der Waals surface area contributed by atoms with E-state index in [0.29, 0.717) is 0 Å². The van der Waals surface area contributed by atoms with Gasteiger partial charge in [-0.15, -0.1) is 4.83 Å². The third-order valence-electron chi connectivity index (χ3n) is 1.28. The van der Waals surface area contributed by atoms with Crippen LogP contribution in [-0.2, 0) is 10.0 Å². The molecule has 0 aliphatic heterocycles. The molecule has 1 aromatic heterocycles. The lowest BCUT2D eigenvalue weighted by atomic mass is 10.5. The van der Waals surface area contributed by atoms with Crippen LogP contribution in [0.2, 0.25) is 0 Å². The van der Waals surface area contributed by atoms with Gasteiger partial charge < -0.3 is 11.5 Å². The minimum absolute atomic E-state index is 0.245. The maximum absolute atomic E-state index is 11.2. The number of aromatic nitrogens is 2. The van der Waals surface area contributed by atoms with E-state index < -0.39 is 14.9 Å². The lowest BCUT2D eigenvalue weighted by molar-refractivity contribution is 0.584. The third kappa shape index (κ3) is 1.66. The summed E-state index contributed by atoms with van der Waals surface area (Å²) in [4.78, 5) is 8.10. The molecule has 8 nitrogen and oxygen atoms in total. The molecule has 0 aliphatic carbocycles. The third-order valence-corrected chi connectivity index (χ3v) is 2.55. The van der Waals surface area contributed by atoms with Gasteiger partial charge in [0.2, 0.25) is 0 Å². The van der Waals surface area contributed by atoms with Gasteiger partial charge in [-0.05, 0) is 0 Å². The molecule has 0 saturated heterocycles. The lowest BCUT2D eigenvalue weighted by Gasteiger charge is -2.05. The van der Waals surface area contributed by atoms with Gasteiger partial charge in [0.25, 0.3) is 10.0 Å². The Morgan fingerprint density at radius 2 is 1.69 bits per heavy atom. The van der Waals surface area contributed by atoms with Crippen LogP contribution in [0.15, 0.2) is 11.2 Å². The van der Waals surface area contributed by atoms with Crippen LogP contribution in [0, 0.1) is 0 Å². The maximum Gasteiger partial charge on any atom is 0.260 e. The van der Waals surface area contributed by atoms with E-state index in [9.17, 15) is 8.42 Å². The van der Waals surface area contributed by atoms with Crippen molar-refractivity contribution in [3.05, 3.63) is 6.33 Å². The van der Waals surface area contributed by atoms with E-state index in [4.69, 9.17) is 17.3 Å². The quantitative estimate of drug-likeness (QED) is 0.315. The molecule has 1 aromatic rings. The number of nitrogens with one attached hydrogen (secondary N) is 1. The summed E-state index contributed by atoms with van der Waals surface area (Å²) in [5.74, 6) is 4.28. The molecule has 0 atom stereocenters. The summed E-state index contributed by atoms with van der Waals surface area (Å²) in [6.07, 6.45) is 1.06. The topological polar surface area (TPSA) is 150 Å². The molecule has 0 radical (unpaired) electrons. The van der Waals surface area contributed by atoms with Crippen LogP contribution in [0.4, 0.5) is 11.6 Å². The maximum atomic E-state index is 11.2. The summed E-state index contributed by atoms with van der Waals surface area (Å²) in [5, 5.41) is 0. The van der Waals surface area contributed by atoms with E-state index in [1.165, 1.54) is 0 Å². The largest absolute Gasteiger partial charge is 0.382 e. The van der Waals surface area contributed by atoms with E-state index in [0.717, 1.165) is 6.33 Å². The lowest BCUT2D eigenvalue weighted by Crippen LogP contribution is -2.31. The zero-order chi connectivity index (χ0) is 10.1. The van der Waals surface area contributed by atoms with E-state index in [1.807, 2.05) is 0 Å². The minimum Gasteiger partial charge on any atom is -0.382 e. The Balaban J connectivity index is 3.46. The van der Waals surface area contributed by atoms with Crippen LogP contribution in [-0.4, -0.2) is 18.4 Å². The zero-order valence-corrected chi connectivity index (χ0v) is 7.25. The van der Waals surface area contributed by atoms with Gasteiger partial charge in [0, 0.05) is 0 Å².